The summed E-state index contributed by atoms with van der Waals surface area (Å²) < 4.78 is 5.29. The van der Waals surface area contributed by atoms with Crippen molar-refractivity contribution in [2.45, 2.75) is 19.8 Å². The minimum Gasteiger partial charge on any atom is -0.378 e. The fourth-order valence-electron chi connectivity index (χ4n) is 3.25. The van der Waals surface area contributed by atoms with E-state index in [2.05, 4.69) is 24.3 Å². The topological polar surface area (TPSA) is 46.6 Å². The number of Topliss-reactive ketones (excluding diaryl/α,β-unsaturated/α-hetero) is 1. The summed E-state index contributed by atoms with van der Waals surface area (Å²) in [6.45, 7) is 4.00. The highest BCUT2D eigenvalue weighted by Crippen LogP contribution is 2.23. The molecular weight excluding hydrogens is 302 g/mol. The maximum Gasteiger partial charge on any atom is 0.223 e. The van der Waals surface area contributed by atoms with Crippen molar-refractivity contribution in [1.29, 1.82) is 0 Å². The lowest BCUT2D eigenvalue weighted by Crippen LogP contribution is -2.42. The van der Waals surface area contributed by atoms with Crippen molar-refractivity contribution in [3.05, 3.63) is 48.0 Å². The first-order valence-corrected chi connectivity index (χ1v) is 8.48. The Morgan fingerprint density at radius 1 is 1.08 bits per heavy atom. The minimum atomic E-state index is -0.272. The van der Waals surface area contributed by atoms with Gasteiger partial charge in [-0.1, -0.05) is 42.5 Å². The molecule has 1 atom stereocenters. The maximum absolute atomic E-state index is 12.5. The minimum absolute atomic E-state index is 0.0544. The molecule has 1 aliphatic heterocycles. The molecule has 3 rings (SSSR count). The van der Waals surface area contributed by atoms with Gasteiger partial charge in [0.1, 0.15) is 5.78 Å². The van der Waals surface area contributed by atoms with Crippen LogP contribution in [-0.2, 0) is 20.7 Å². The number of carbonyl (C=O) groups excluding carboxylic acids is 2. The second-order valence-electron chi connectivity index (χ2n) is 6.35. The predicted molar refractivity (Wildman–Crippen MR) is 93.8 cm³/mol. The lowest BCUT2D eigenvalue weighted by atomic mass is 9.90. The molecule has 1 unspecified atom stereocenters. The third kappa shape index (κ3) is 3.82. The Hall–Kier alpha value is -2.20. The standard InChI is InChI=1S/C20H23NO3/c1-15(22)18(14-20(23)21-9-11-24-12-10-21)13-17-7-4-6-16-5-2-3-8-19(16)17/h2-8,18H,9-14H2,1H3. The first-order valence-electron chi connectivity index (χ1n) is 8.48. The molecule has 4 nitrogen and oxygen atoms in total. The van der Waals surface area contributed by atoms with Gasteiger partial charge in [0.2, 0.25) is 5.91 Å². The van der Waals surface area contributed by atoms with Gasteiger partial charge in [0.15, 0.2) is 0 Å². The van der Waals surface area contributed by atoms with Gasteiger partial charge in [0.05, 0.1) is 13.2 Å². The van der Waals surface area contributed by atoms with E-state index in [4.69, 9.17) is 4.74 Å². The number of hydrogen-bond donors (Lipinski definition) is 0. The predicted octanol–water partition coefficient (Wildman–Crippen LogP) is 2.84. The van der Waals surface area contributed by atoms with Gasteiger partial charge in [0, 0.05) is 25.4 Å². The van der Waals surface area contributed by atoms with Crippen LogP contribution in [0.25, 0.3) is 10.8 Å². The quantitative estimate of drug-likeness (QED) is 0.849. The van der Waals surface area contributed by atoms with E-state index in [1.54, 1.807) is 6.92 Å². The van der Waals surface area contributed by atoms with Crippen molar-refractivity contribution in [3.8, 4) is 0 Å². The molecule has 0 N–H and O–H groups in total. The molecule has 1 amide bonds. The lowest BCUT2D eigenvalue weighted by Gasteiger charge is -2.28. The number of hydrogen-bond acceptors (Lipinski definition) is 3. The van der Waals surface area contributed by atoms with Crippen molar-refractivity contribution >= 4 is 22.5 Å². The van der Waals surface area contributed by atoms with Gasteiger partial charge in [-0.05, 0) is 29.7 Å². The van der Waals surface area contributed by atoms with Crippen molar-refractivity contribution < 1.29 is 14.3 Å². The summed E-state index contributed by atoms with van der Waals surface area (Å²) in [6, 6.07) is 14.3. The fourth-order valence-corrected chi connectivity index (χ4v) is 3.25. The second-order valence-corrected chi connectivity index (χ2v) is 6.35. The van der Waals surface area contributed by atoms with E-state index in [0.717, 1.165) is 16.3 Å². The highest BCUT2D eigenvalue weighted by atomic mass is 16.5. The van der Waals surface area contributed by atoms with E-state index in [9.17, 15) is 9.59 Å². The van der Waals surface area contributed by atoms with Crippen LogP contribution in [0.4, 0.5) is 0 Å². The first kappa shape index (κ1) is 16.7. The number of morpholine rings is 1. The van der Waals surface area contributed by atoms with Gasteiger partial charge in [0.25, 0.3) is 0 Å². The molecular formula is C20H23NO3. The van der Waals surface area contributed by atoms with E-state index in [1.165, 1.54) is 0 Å². The summed E-state index contributed by atoms with van der Waals surface area (Å²) in [7, 11) is 0. The van der Waals surface area contributed by atoms with Gasteiger partial charge in [-0.25, -0.2) is 0 Å². The third-order valence-electron chi connectivity index (χ3n) is 4.71. The van der Waals surface area contributed by atoms with Gasteiger partial charge in [-0.2, -0.15) is 0 Å². The van der Waals surface area contributed by atoms with Gasteiger partial charge < -0.3 is 9.64 Å². The number of fused-ring (bicyclic) bond motifs is 1. The molecule has 1 fully saturated rings. The number of carbonyl (C=O) groups is 2. The van der Waals surface area contributed by atoms with Gasteiger partial charge in [-0.15, -0.1) is 0 Å². The van der Waals surface area contributed by atoms with Crippen molar-refractivity contribution in [2.75, 3.05) is 26.3 Å². The molecule has 0 bridgehead atoms. The largest absolute Gasteiger partial charge is 0.378 e. The monoisotopic (exact) mass is 325 g/mol. The second kappa shape index (κ2) is 7.58. The average Bonchev–Trinajstić information content (AvgIpc) is 2.62. The van der Waals surface area contributed by atoms with Crippen LogP contribution in [0.15, 0.2) is 42.5 Å². The van der Waals surface area contributed by atoms with E-state index < -0.39 is 0 Å². The summed E-state index contributed by atoms with van der Waals surface area (Å²) in [5.74, 6) is -0.144. The molecule has 1 saturated heterocycles. The summed E-state index contributed by atoms with van der Waals surface area (Å²) in [4.78, 5) is 26.4. The van der Waals surface area contributed by atoms with Crippen LogP contribution in [0.5, 0.6) is 0 Å². The Labute approximate surface area is 142 Å². The number of ketones is 1. The molecule has 126 valence electrons. The zero-order chi connectivity index (χ0) is 16.9. The Kier molecular flexibility index (Phi) is 5.26. The first-order chi connectivity index (χ1) is 11.6. The van der Waals surface area contributed by atoms with E-state index in [1.807, 2.05) is 23.1 Å². The highest BCUT2D eigenvalue weighted by molar-refractivity contribution is 5.88. The molecule has 0 aliphatic carbocycles. The van der Waals surface area contributed by atoms with Gasteiger partial charge in [-0.3, -0.25) is 9.59 Å². The molecule has 0 radical (unpaired) electrons. The number of amides is 1. The van der Waals surface area contributed by atoms with Crippen LogP contribution in [0.3, 0.4) is 0 Å². The summed E-state index contributed by atoms with van der Waals surface area (Å²) in [6.07, 6.45) is 0.880. The van der Waals surface area contributed by atoms with Crippen molar-refractivity contribution in [1.82, 2.24) is 4.90 Å². The number of nitrogens with zero attached hydrogens (tertiary/aromatic N) is 1. The van der Waals surface area contributed by atoms with Gasteiger partial charge >= 0.3 is 0 Å². The molecule has 4 heteroatoms. The van der Waals surface area contributed by atoms with Crippen LogP contribution < -0.4 is 0 Å². The lowest BCUT2D eigenvalue weighted by molar-refractivity contribution is -0.138. The summed E-state index contributed by atoms with van der Waals surface area (Å²) >= 11 is 0. The highest BCUT2D eigenvalue weighted by Gasteiger charge is 2.24. The third-order valence-corrected chi connectivity index (χ3v) is 4.71. The Bertz CT molecular complexity index is 729. The Balaban J connectivity index is 1.76. The SMILES string of the molecule is CC(=O)C(CC(=O)N1CCOCC1)Cc1cccc2ccccc12. The van der Waals surface area contributed by atoms with Crippen LogP contribution >= 0.6 is 0 Å². The number of ether oxygens (including phenoxy) is 1. The average molecular weight is 325 g/mol. The van der Waals surface area contributed by atoms with Crippen molar-refractivity contribution in [3.63, 3.8) is 0 Å². The Morgan fingerprint density at radius 2 is 1.79 bits per heavy atom. The Morgan fingerprint density at radius 3 is 2.54 bits per heavy atom. The van der Waals surface area contributed by atoms with E-state index >= 15 is 0 Å². The molecule has 2 aromatic carbocycles. The van der Waals surface area contributed by atoms with Crippen LogP contribution in [0.2, 0.25) is 0 Å². The normalized spacial score (nSPS) is 16.1. The van der Waals surface area contributed by atoms with Crippen molar-refractivity contribution in [2.24, 2.45) is 5.92 Å². The number of benzene rings is 2. The molecule has 1 heterocycles. The van der Waals surface area contributed by atoms with Crippen LogP contribution in [-0.4, -0.2) is 42.9 Å². The smallest absolute Gasteiger partial charge is 0.223 e. The molecule has 0 spiro atoms. The maximum atomic E-state index is 12.5. The zero-order valence-electron chi connectivity index (χ0n) is 14.0. The number of rotatable bonds is 5. The molecule has 24 heavy (non-hydrogen) atoms. The molecule has 0 aromatic heterocycles. The molecule has 2 aromatic rings. The summed E-state index contributed by atoms with van der Waals surface area (Å²) in [5.41, 5.74) is 1.13. The zero-order valence-corrected chi connectivity index (χ0v) is 14.0. The van der Waals surface area contributed by atoms with E-state index in [0.29, 0.717) is 32.7 Å². The van der Waals surface area contributed by atoms with Crippen LogP contribution in [0.1, 0.15) is 18.9 Å². The molecule has 1 aliphatic rings. The summed E-state index contributed by atoms with van der Waals surface area (Å²) in [5, 5.41) is 2.32. The molecule has 0 saturated carbocycles. The van der Waals surface area contributed by atoms with Crippen LogP contribution in [0, 0.1) is 5.92 Å². The fraction of sp³-hybridized carbons (Fsp3) is 0.400. The van der Waals surface area contributed by atoms with E-state index in [-0.39, 0.29) is 24.0 Å².